The van der Waals surface area contributed by atoms with Gasteiger partial charge in [-0.1, -0.05) is 12.8 Å². The number of methoxy groups -OCH3 is 2. The average Bonchev–Trinajstić information content (AvgIpc) is 3.60. The molecule has 52 heavy (non-hydrogen) atoms. The van der Waals surface area contributed by atoms with Crippen LogP contribution in [-0.2, 0) is 32.6 Å². The van der Waals surface area contributed by atoms with Crippen LogP contribution < -0.4 is 10.1 Å². The maximum Gasteiger partial charge on any atom is 0.413 e. The Kier molecular flexibility index (Phi) is 11.2. The van der Waals surface area contributed by atoms with E-state index in [1.54, 1.807) is 52.3 Å². The lowest BCUT2D eigenvalue weighted by Crippen LogP contribution is -2.27. The van der Waals surface area contributed by atoms with E-state index in [4.69, 9.17) is 28.9 Å². The minimum Gasteiger partial charge on any atom is -0.494 e. The van der Waals surface area contributed by atoms with E-state index in [-0.39, 0.29) is 5.97 Å². The maximum atomic E-state index is 12.7. The number of aryl methyl sites for hydroxylation is 2. The number of benzene rings is 1. The van der Waals surface area contributed by atoms with Crippen molar-refractivity contribution < 1.29 is 33.3 Å². The minimum atomic E-state index is -0.677. The van der Waals surface area contributed by atoms with Crippen molar-refractivity contribution in [2.24, 2.45) is 7.05 Å². The summed E-state index contributed by atoms with van der Waals surface area (Å²) in [5.74, 6) is 0.811. The highest BCUT2D eigenvalue weighted by atomic mass is 16.6. The molecule has 4 aromatic heterocycles. The van der Waals surface area contributed by atoms with E-state index >= 15 is 0 Å². The molecule has 0 saturated carbocycles. The first kappa shape index (κ1) is 37.8. The first-order chi connectivity index (χ1) is 24.6. The predicted octanol–water partition coefficient (Wildman–Crippen LogP) is 8.09. The largest absolute Gasteiger partial charge is 0.494 e. The van der Waals surface area contributed by atoms with Gasteiger partial charge in [0.05, 0.1) is 36.7 Å². The van der Waals surface area contributed by atoms with Crippen LogP contribution in [0.2, 0.25) is 0 Å². The summed E-state index contributed by atoms with van der Waals surface area (Å²) in [4.78, 5) is 51.9. The second kappa shape index (κ2) is 15.4. The maximum absolute atomic E-state index is 12.7. The molecule has 0 bridgehead atoms. The van der Waals surface area contributed by atoms with E-state index < -0.39 is 23.3 Å². The van der Waals surface area contributed by atoms with Gasteiger partial charge in [-0.05, 0) is 96.8 Å². The Labute approximate surface area is 303 Å². The SMILES string of the molecule is COC(=O)c1cc(OC)c2c(c1)nc(-c1cc3ccc(-c4cccnc4NC(=O)OC(C)(C)C)nc3n1CCCCCCC(=O)OC(C)(C)C)n2C. The van der Waals surface area contributed by atoms with Crippen molar-refractivity contribution >= 4 is 45.9 Å². The molecule has 5 aromatic rings. The Bertz CT molecular complexity index is 2100. The van der Waals surface area contributed by atoms with Gasteiger partial charge in [0, 0.05) is 37.2 Å². The van der Waals surface area contributed by atoms with Crippen LogP contribution in [0.1, 0.15) is 84.0 Å². The molecule has 0 aliphatic rings. The number of carbonyl (C=O) groups excluding carboxylic acids is 3. The fourth-order valence-electron chi connectivity index (χ4n) is 6.02. The molecule has 5 rings (SSSR count). The third kappa shape index (κ3) is 8.87. The highest BCUT2D eigenvalue weighted by Crippen LogP contribution is 2.35. The number of ether oxygens (including phenoxy) is 4. The van der Waals surface area contributed by atoms with E-state index in [1.807, 2.05) is 56.7 Å². The van der Waals surface area contributed by atoms with Crippen LogP contribution in [0.15, 0.2) is 48.7 Å². The molecule has 0 aliphatic heterocycles. The van der Waals surface area contributed by atoms with Gasteiger partial charge in [0.1, 0.15) is 33.9 Å². The summed E-state index contributed by atoms with van der Waals surface area (Å²) in [7, 11) is 4.80. The number of hydrogen-bond donors (Lipinski definition) is 1. The third-order valence-electron chi connectivity index (χ3n) is 8.18. The number of hydrogen-bond acceptors (Lipinski definition) is 10. The first-order valence-corrected chi connectivity index (χ1v) is 17.4. The summed E-state index contributed by atoms with van der Waals surface area (Å²) in [6.07, 6.45) is 4.66. The number of nitrogens with one attached hydrogen (secondary N) is 1. The van der Waals surface area contributed by atoms with Crippen molar-refractivity contribution in [2.45, 2.75) is 91.4 Å². The number of anilines is 1. The average molecular weight is 713 g/mol. The van der Waals surface area contributed by atoms with E-state index in [0.29, 0.717) is 52.7 Å². The summed E-state index contributed by atoms with van der Waals surface area (Å²) in [5, 5.41) is 3.67. The van der Waals surface area contributed by atoms with Crippen molar-refractivity contribution in [1.82, 2.24) is 24.1 Å². The second-order valence-electron chi connectivity index (χ2n) is 14.6. The Morgan fingerprint density at radius 2 is 1.60 bits per heavy atom. The molecular formula is C39H48N6O7. The summed E-state index contributed by atoms with van der Waals surface area (Å²) in [6.45, 7) is 11.6. The monoisotopic (exact) mass is 712 g/mol. The quantitative estimate of drug-likeness (QED) is 0.0764. The zero-order chi connectivity index (χ0) is 37.8. The zero-order valence-corrected chi connectivity index (χ0v) is 31.5. The Hall–Kier alpha value is -5.46. The van der Waals surface area contributed by atoms with Gasteiger partial charge in [-0.25, -0.2) is 24.5 Å². The molecule has 13 heteroatoms. The van der Waals surface area contributed by atoms with Crippen molar-refractivity contribution in [3.05, 3.63) is 54.2 Å². The summed E-state index contributed by atoms with van der Waals surface area (Å²) in [5.41, 5.74) is 3.27. The molecule has 1 N–H and O–H groups in total. The number of carbonyl (C=O) groups is 3. The molecule has 13 nitrogen and oxygen atoms in total. The molecule has 1 aromatic carbocycles. The molecule has 0 fully saturated rings. The van der Waals surface area contributed by atoms with Gasteiger partial charge in [-0.2, -0.15) is 0 Å². The number of nitrogens with zero attached hydrogens (tertiary/aromatic N) is 5. The van der Waals surface area contributed by atoms with Crippen LogP contribution in [0.5, 0.6) is 5.75 Å². The molecule has 0 saturated heterocycles. The molecule has 4 heterocycles. The number of rotatable bonds is 12. The van der Waals surface area contributed by atoms with Crippen molar-refractivity contribution in [3.8, 4) is 28.5 Å². The Morgan fingerprint density at radius 1 is 0.865 bits per heavy atom. The fourth-order valence-corrected chi connectivity index (χ4v) is 6.02. The number of fused-ring (bicyclic) bond motifs is 2. The lowest BCUT2D eigenvalue weighted by atomic mass is 10.1. The van der Waals surface area contributed by atoms with Gasteiger partial charge in [0.15, 0.2) is 5.82 Å². The number of unbranched alkanes of at least 4 members (excludes halogenated alkanes) is 3. The van der Waals surface area contributed by atoms with E-state index in [0.717, 1.165) is 47.9 Å². The van der Waals surface area contributed by atoms with Gasteiger partial charge in [-0.15, -0.1) is 0 Å². The number of aromatic nitrogens is 5. The van der Waals surface area contributed by atoms with E-state index in [1.165, 1.54) is 7.11 Å². The number of esters is 2. The van der Waals surface area contributed by atoms with Crippen LogP contribution in [0.25, 0.3) is 44.8 Å². The number of amides is 1. The smallest absolute Gasteiger partial charge is 0.413 e. The summed E-state index contributed by atoms with van der Waals surface area (Å²) >= 11 is 0. The van der Waals surface area contributed by atoms with Crippen molar-refractivity contribution in [2.75, 3.05) is 19.5 Å². The molecule has 0 aliphatic carbocycles. The van der Waals surface area contributed by atoms with Crippen molar-refractivity contribution in [1.29, 1.82) is 0 Å². The highest BCUT2D eigenvalue weighted by molar-refractivity contribution is 5.97. The molecule has 0 radical (unpaired) electrons. The third-order valence-corrected chi connectivity index (χ3v) is 8.18. The predicted molar refractivity (Wildman–Crippen MR) is 199 cm³/mol. The lowest BCUT2D eigenvalue weighted by Gasteiger charge is -2.20. The van der Waals surface area contributed by atoms with Gasteiger partial charge in [-0.3, -0.25) is 10.1 Å². The summed E-state index contributed by atoms with van der Waals surface area (Å²) in [6, 6.07) is 12.9. The van der Waals surface area contributed by atoms with Gasteiger partial charge in [0.25, 0.3) is 0 Å². The molecular weight excluding hydrogens is 664 g/mol. The van der Waals surface area contributed by atoms with Crippen LogP contribution in [0, 0.1) is 0 Å². The molecule has 0 unspecified atom stereocenters. The van der Waals surface area contributed by atoms with E-state index in [2.05, 4.69) is 14.9 Å². The Balaban J connectivity index is 1.53. The van der Waals surface area contributed by atoms with E-state index in [9.17, 15) is 14.4 Å². The molecule has 1 amide bonds. The first-order valence-electron chi connectivity index (χ1n) is 17.4. The topological polar surface area (TPSA) is 149 Å². The number of imidazole rings is 1. The van der Waals surface area contributed by atoms with Gasteiger partial charge in [0.2, 0.25) is 0 Å². The van der Waals surface area contributed by atoms with Gasteiger partial charge < -0.3 is 28.1 Å². The molecule has 276 valence electrons. The van der Waals surface area contributed by atoms with Crippen LogP contribution >= 0.6 is 0 Å². The zero-order valence-electron chi connectivity index (χ0n) is 31.5. The van der Waals surface area contributed by atoms with Crippen molar-refractivity contribution in [3.63, 3.8) is 0 Å². The highest BCUT2D eigenvalue weighted by Gasteiger charge is 2.23. The second-order valence-corrected chi connectivity index (χ2v) is 14.6. The van der Waals surface area contributed by atoms with Crippen LogP contribution in [0.4, 0.5) is 10.6 Å². The van der Waals surface area contributed by atoms with Crippen LogP contribution in [-0.4, -0.2) is 67.5 Å². The van der Waals surface area contributed by atoms with Gasteiger partial charge >= 0.3 is 18.0 Å². The lowest BCUT2D eigenvalue weighted by molar-refractivity contribution is -0.154. The number of pyridine rings is 2. The van der Waals surface area contributed by atoms with Crippen LogP contribution in [0.3, 0.4) is 0 Å². The summed E-state index contributed by atoms with van der Waals surface area (Å²) < 4.78 is 25.7. The normalized spacial score (nSPS) is 11.9. The standard InChI is InChI=1S/C39H48N6O7/c1-38(2,3)51-31(46)16-12-10-11-13-20-45-29(35-42-28-21-25(36(47)50-9)23-30(49-8)32(28)44(35)7)22-24-17-18-27(41-34(24)45)26-15-14-19-40-33(26)43-37(48)52-39(4,5)6/h14-15,17-19,21-23H,10-13,16,20H2,1-9H3,(H,40,43,48). The molecule has 0 spiro atoms. The fraction of sp³-hybridized carbons (Fsp3) is 0.436. The Morgan fingerprint density at radius 3 is 2.29 bits per heavy atom. The molecule has 0 atom stereocenters. The minimum absolute atomic E-state index is 0.188.